The Balaban J connectivity index is 2.01. The van der Waals surface area contributed by atoms with Crippen LogP contribution in [0.1, 0.15) is 33.1 Å². The van der Waals surface area contributed by atoms with Crippen LogP contribution in [0.15, 0.2) is 24.3 Å². The molecule has 98 valence electrons. The van der Waals surface area contributed by atoms with Crippen LogP contribution in [0.3, 0.4) is 0 Å². The van der Waals surface area contributed by atoms with Gasteiger partial charge in [0.25, 0.3) is 0 Å². The summed E-state index contributed by atoms with van der Waals surface area (Å²) in [5, 5.41) is 10.9. The Morgan fingerprint density at radius 2 is 2.22 bits per heavy atom. The molecule has 0 amide bonds. The van der Waals surface area contributed by atoms with Crippen LogP contribution in [0, 0.1) is 17.3 Å². The van der Waals surface area contributed by atoms with Crippen molar-refractivity contribution < 1.29 is 14.6 Å². The zero-order valence-corrected chi connectivity index (χ0v) is 11.0. The number of hydrogen-bond acceptors (Lipinski definition) is 3. The lowest BCUT2D eigenvalue weighted by Crippen LogP contribution is -2.57. The van der Waals surface area contributed by atoms with Gasteiger partial charge in [0.05, 0.1) is 5.60 Å². The molecule has 0 aromatic rings. The van der Waals surface area contributed by atoms with Crippen LogP contribution in [0.25, 0.3) is 0 Å². The highest BCUT2D eigenvalue weighted by Crippen LogP contribution is 2.57. The minimum absolute atomic E-state index is 0.0803. The summed E-state index contributed by atoms with van der Waals surface area (Å²) in [6.45, 7) is 8.17. The topological polar surface area (TPSA) is 46.5 Å². The van der Waals surface area contributed by atoms with Gasteiger partial charge >= 0.3 is 5.97 Å². The van der Waals surface area contributed by atoms with Gasteiger partial charge in [-0.3, -0.25) is 0 Å². The SMILES string of the molecule is C=C1C(=O)O[C@@H]2C[C@]3(O)C=CC[C@H](C)[C@@]3(C)C[C@H]12. The number of rotatable bonds is 0. The maximum absolute atomic E-state index is 11.6. The second kappa shape index (κ2) is 3.47. The van der Waals surface area contributed by atoms with Gasteiger partial charge in [-0.2, -0.15) is 0 Å². The third-order valence-electron chi connectivity index (χ3n) is 5.53. The predicted octanol–water partition coefficient (Wildman–Crippen LogP) is 2.21. The summed E-state index contributed by atoms with van der Waals surface area (Å²) in [5.74, 6) is 0.196. The maximum Gasteiger partial charge on any atom is 0.334 e. The molecule has 1 saturated heterocycles. The summed E-state index contributed by atoms with van der Waals surface area (Å²) in [6.07, 6.45) is 6.04. The van der Waals surface area contributed by atoms with Crippen LogP contribution in [-0.2, 0) is 9.53 Å². The summed E-state index contributed by atoms with van der Waals surface area (Å²) in [6, 6.07) is 0. The lowest BCUT2D eigenvalue weighted by atomic mass is 9.52. The van der Waals surface area contributed by atoms with Crippen molar-refractivity contribution in [1.29, 1.82) is 0 Å². The van der Waals surface area contributed by atoms with Crippen molar-refractivity contribution >= 4 is 5.97 Å². The third kappa shape index (κ3) is 1.31. The fourth-order valence-electron chi connectivity index (χ4n) is 3.90. The molecule has 0 unspecified atom stereocenters. The average molecular weight is 248 g/mol. The van der Waals surface area contributed by atoms with Crippen molar-refractivity contribution in [2.45, 2.75) is 44.8 Å². The van der Waals surface area contributed by atoms with Gasteiger partial charge in [-0.1, -0.05) is 32.6 Å². The lowest BCUT2D eigenvalue weighted by molar-refractivity contribution is -0.158. The summed E-state index contributed by atoms with van der Waals surface area (Å²) in [4.78, 5) is 11.6. The first-order valence-corrected chi connectivity index (χ1v) is 6.67. The highest BCUT2D eigenvalue weighted by molar-refractivity contribution is 5.90. The van der Waals surface area contributed by atoms with Crippen LogP contribution >= 0.6 is 0 Å². The van der Waals surface area contributed by atoms with Crippen LogP contribution < -0.4 is 0 Å². The summed E-state index contributed by atoms with van der Waals surface area (Å²) in [5.41, 5.74) is -0.457. The Bertz CT molecular complexity index is 453. The molecule has 1 saturated carbocycles. The van der Waals surface area contributed by atoms with E-state index in [1.165, 1.54) is 0 Å². The van der Waals surface area contributed by atoms with E-state index in [1.54, 1.807) is 0 Å². The molecule has 3 heteroatoms. The van der Waals surface area contributed by atoms with Crippen molar-refractivity contribution in [3.8, 4) is 0 Å². The first-order chi connectivity index (χ1) is 8.37. The minimum atomic E-state index is -0.850. The Kier molecular flexibility index (Phi) is 2.31. The molecule has 3 aliphatic rings. The van der Waals surface area contributed by atoms with Crippen molar-refractivity contribution in [3.63, 3.8) is 0 Å². The first-order valence-electron chi connectivity index (χ1n) is 6.67. The molecule has 2 aliphatic carbocycles. The normalized spacial score (nSPS) is 50.7. The Labute approximate surface area is 108 Å². The van der Waals surface area contributed by atoms with Gasteiger partial charge in [0.2, 0.25) is 0 Å². The highest BCUT2D eigenvalue weighted by Gasteiger charge is 2.59. The Morgan fingerprint density at radius 1 is 1.50 bits per heavy atom. The second-order valence-electron chi connectivity index (χ2n) is 6.36. The summed E-state index contributed by atoms with van der Waals surface area (Å²) in [7, 11) is 0. The van der Waals surface area contributed by atoms with E-state index < -0.39 is 5.60 Å². The van der Waals surface area contributed by atoms with E-state index in [0.29, 0.717) is 17.9 Å². The Morgan fingerprint density at radius 3 is 2.94 bits per heavy atom. The van der Waals surface area contributed by atoms with Crippen LogP contribution in [0.4, 0.5) is 0 Å². The number of aliphatic hydroxyl groups is 1. The number of allylic oxidation sites excluding steroid dienone is 1. The van der Waals surface area contributed by atoms with E-state index in [9.17, 15) is 9.90 Å². The van der Waals surface area contributed by atoms with Gasteiger partial charge in [-0.05, 0) is 18.8 Å². The second-order valence-corrected chi connectivity index (χ2v) is 6.36. The van der Waals surface area contributed by atoms with E-state index in [0.717, 1.165) is 12.8 Å². The fourth-order valence-corrected chi connectivity index (χ4v) is 3.90. The molecule has 18 heavy (non-hydrogen) atoms. The minimum Gasteiger partial charge on any atom is -0.458 e. The number of carbonyl (C=O) groups is 1. The maximum atomic E-state index is 11.6. The number of carbonyl (C=O) groups excluding carboxylic acids is 1. The van der Waals surface area contributed by atoms with E-state index in [1.807, 2.05) is 6.08 Å². The highest BCUT2D eigenvalue weighted by atomic mass is 16.6. The molecule has 0 radical (unpaired) electrons. The van der Waals surface area contributed by atoms with E-state index >= 15 is 0 Å². The van der Waals surface area contributed by atoms with Gasteiger partial charge in [0.1, 0.15) is 6.10 Å². The monoisotopic (exact) mass is 248 g/mol. The van der Waals surface area contributed by atoms with Crippen molar-refractivity contribution in [3.05, 3.63) is 24.3 Å². The largest absolute Gasteiger partial charge is 0.458 e. The standard InChI is InChI=1S/C15H20O3/c1-9-5-4-6-15(17)8-12-11(7-14(9,15)3)10(2)13(16)18-12/h4,6,9,11-12,17H,2,5,7-8H2,1,3H3/t9-,11+,12+,14+,15+/m0/s1. The zero-order valence-electron chi connectivity index (χ0n) is 11.0. The molecule has 1 aliphatic heterocycles. The van der Waals surface area contributed by atoms with Crippen LogP contribution in [0.5, 0.6) is 0 Å². The molecule has 0 aromatic heterocycles. The molecular formula is C15H20O3. The van der Waals surface area contributed by atoms with Crippen LogP contribution in [-0.4, -0.2) is 22.8 Å². The number of fused-ring (bicyclic) bond motifs is 2. The van der Waals surface area contributed by atoms with Gasteiger partial charge in [0.15, 0.2) is 0 Å². The lowest BCUT2D eigenvalue weighted by Gasteiger charge is -2.55. The van der Waals surface area contributed by atoms with Crippen molar-refractivity contribution in [2.24, 2.45) is 17.3 Å². The quantitative estimate of drug-likeness (QED) is 0.406. The third-order valence-corrected chi connectivity index (χ3v) is 5.53. The van der Waals surface area contributed by atoms with Crippen molar-refractivity contribution in [2.75, 3.05) is 0 Å². The van der Waals surface area contributed by atoms with Crippen LogP contribution in [0.2, 0.25) is 0 Å². The molecule has 3 nitrogen and oxygen atoms in total. The van der Waals surface area contributed by atoms with Gasteiger partial charge in [-0.25, -0.2) is 4.79 Å². The van der Waals surface area contributed by atoms with E-state index in [2.05, 4.69) is 26.5 Å². The zero-order chi connectivity index (χ0) is 13.1. The molecule has 3 rings (SSSR count). The molecular weight excluding hydrogens is 228 g/mol. The molecule has 0 aromatic carbocycles. The summed E-state index contributed by atoms with van der Waals surface area (Å²) >= 11 is 0. The number of hydrogen-bond donors (Lipinski definition) is 1. The molecule has 1 N–H and O–H groups in total. The van der Waals surface area contributed by atoms with Gasteiger partial charge < -0.3 is 9.84 Å². The predicted molar refractivity (Wildman–Crippen MR) is 67.7 cm³/mol. The first kappa shape index (κ1) is 12.0. The fraction of sp³-hybridized carbons (Fsp3) is 0.667. The van der Waals surface area contributed by atoms with E-state index in [-0.39, 0.29) is 23.4 Å². The van der Waals surface area contributed by atoms with E-state index in [4.69, 9.17) is 4.74 Å². The smallest absolute Gasteiger partial charge is 0.334 e. The number of esters is 1. The number of ether oxygens (including phenoxy) is 1. The Hall–Kier alpha value is -1.09. The van der Waals surface area contributed by atoms with Gasteiger partial charge in [-0.15, -0.1) is 0 Å². The average Bonchev–Trinajstić information content (AvgIpc) is 2.55. The molecule has 0 bridgehead atoms. The summed E-state index contributed by atoms with van der Waals surface area (Å²) < 4.78 is 5.34. The molecule has 2 fully saturated rings. The molecule has 5 atom stereocenters. The van der Waals surface area contributed by atoms with Crippen molar-refractivity contribution in [1.82, 2.24) is 0 Å². The molecule has 1 heterocycles. The van der Waals surface area contributed by atoms with Gasteiger partial charge in [0, 0.05) is 23.3 Å². The molecule has 0 spiro atoms.